The van der Waals surface area contributed by atoms with E-state index in [0.29, 0.717) is 24.5 Å². The van der Waals surface area contributed by atoms with Crippen molar-refractivity contribution >= 4 is 11.5 Å². The number of anilines is 1. The number of aryl methyl sites for hydroxylation is 2. The predicted octanol–water partition coefficient (Wildman–Crippen LogP) is 2.03. The van der Waals surface area contributed by atoms with Gasteiger partial charge in [-0.3, -0.25) is 10.1 Å². The van der Waals surface area contributed by atoms with Crippen molar-refractivity contribution in [1.82, 2.24) is 14.7 Å². The second-order valence-corrected chi connectivity index (χ2v) is 4.74. The lowest BCUT2D eigenvalue weighted by Crippen LogP contribution is -2.30. The number of nitrogens with one attached hydrogen (secondary N) is 1. The highest BCUT2D eigenvalue weighted by atomic mass is 16.6. The van der Waals surface area contributed by atoms with Crippen LogP contribution >= 0.6 is 0 Å². The van der Waals surface area contributed by atoms with Crippen molar-refractivity contribution in [2.45, 2.75) is 33.6 Å². The summed E-state index contributed by atoms with van der Waals surface area (Å²) in [7, 11) is 1.73. The summed E-state index contributed by atoms with van der Waals surface area (Å²) in [4.78, 5) is 13.1. The van der Waals surface area contributed by atoms with Crippen LogP contribution in [0.2, 0.25) is 0 Å². The number of nitrogens with zero attached hydrogens (tertiary/aromatic N) is 4. The van der Waals surface area contributed by atoms with E-state index in [1.165, 1.54) is 0 Å². The Kier molecular flexibility index (Phi) is 6.44. The first kappa shape index (κ1) is 16.4. The van der Waals surface area contributed by atoms with Gasteiger partial charge in [-0.25, -0.2) is 4.68 Å². The van der Waals surface area contributed by atoms with Gasteiger partial charge in [-0.05, 0) is 25.9 Å². The fourth-order valence-electron chi connectivity index (χ4n) is 2.27. The zero-order chi connectivity index (χ0) is 15.1. The summed E-state index contributed by atoms with van der Waals surface area (Å²) >= 11 is 0. The first-order valence-electron chi connectivity index (χ1n) is 7.21. The molecule has 0 saturated heterocycles. The van der Waals surface area contributed by atoms with Gasteiger partial charge in [0.2, 0.25) is 5.82 Å². The maximum absolute atomic E-state index is 11.2. The summed E-state index contributed by atoms with van der Waals surface area (Å²) in [6, 6.07) is 0. The molecular weight excluding hydrogens is 258 g/mol. The first-order valence-corrected chi connectivity index (χ1v) is 7.21. The molecule has 0 amide bonds. The lowest BCUT2D eigenvalue weighted by Gasteiger charge is -2.19. The molecule has 0 saturated carbocycles. The Hall–Kier alpha value is -1.63. The van der Waals surface area contributed by atoms with Gasteiger partial charge >= 0.3 is 5.69 Å². The Morgan fingerprint density at radius 3 is 2.55 bits per heavy atom. The van der Waals surface area contributed by atoms with Crippen molar-refractivity contribution in [3.63, 3.8) is 0 Å². The Labute approximate surface area is 120 Å². The Morgan fingerprint density at radius 2 is 2.05 bits per heavy atom. The van der Waals surface area contributed by atoms with Crippen LogP contribution in [0.5, 0.6) is 0 Å². The summed E-state index contributed by atoms with van der Waals surface area (Å²) < 4.78 is 1.56. The van der Waals surface area contributed by atoms with Crippen LogP contribution in [0.3, 0.4) is 0 Å². The van der Waals surface area contributed by atoms with Crippen LogP contribution in [0.1, 0.15) is 32.9 Å². The van der Waals surface area contributed by atoms with Gasteiger partial charge in [0.1, 0.15) is 5.69 Å². The fraction of sp³-hybridized carbons (Fsp3) is 0.769. The van der Waals surface area contributed by atoms with Crippen molar-refractivity contribution in [3.05, 3.63) is 15.8 Å². The first-order chi connectivity index (χ1) is 9.54. The normalized spacial score (nSPS) is 11.1. The molecule has 0 aliphatic carbocycles. The Bertz CT molecular complexity index is 444. The van der Waals surface area contributed by atoms with Gasteiger partial charge in [0.05, 0.1) is 4.92 Å². The maximum atomic E-state index is 11.2. The van der Waals surface area contributed by atoms with Crippen LogP contribution in [0.15, 0.2) is 0 Å². The van der Waals surface area contributed by atoms with E-state index in [-0.39, 0.29) is 10.6 Å². The molecule has 7 nitrogen and oxygen atoms in total. The topological polar surface area (TPSA) is 76.2 Å². The molecule has 1 N–H and O–H groups in total. The molecule has 1 heterocycles. The zero-order valence-corrected chi connectivity index (χ0v) is 12.8. The van der Waals surface area contributed by atoms with Crippen molar-refractivity contribution in [2.24, 2.45) is 7.05 Å². The quantitative estimate of drug-likeness (QED) is 0.554. The lowest BCUT2D eigenvalue weighted by atomic mass is 10.3. The largest absolute Gasteiger partial charge is 0.363 e. The fourth-order valence-corrected chi connectivity index (χ4v) is 2.27. The van der Waals surface area contributed by atoms with Crippen LogP contribution in [0, 0.1) is 10.1 Å². The van der Waals surface area contributed by atoms with Crippen LogP contribution in [0.25, 0.3) is 0 Å². The molecular formula is C13H25N5O2. The van der Waals surface area contributed by atoms with Crippen LogP contribution in [-0.4, -0.2) is 45.8 Å². The molecule has 7 heteroatoms. The molecule has 0 radical (unpaired) electrons. The highest BCUT2D eigenvalue weighted by molar-refractivity contribution is 5.59. The third kappa shape index (κ3) is 3.93. The summed E-state index contributed by atoms with van der Waals surface area (Å²) in [6.45, 7) is 9.73. The average Bonchev–Trinajstić information content (AvgIpc) is 2.74. The molecule has 0 spiro atoms. The van der Waals surface area contributed by atoms with E-state index in [1.54, 1.807) is 11.7 Å². The molecule has 20 heavy (non-hydrogen) atoms. The highest BCUT2D eigenvalue weighted by Gasteiger charge is 2.25. The van der Waals surface area contributed by atoms with Crippen molar-refractivity contribution < 1.29 is 4.92 Å². The average molecular weight is 283 g/mol. The summed E-state index contributed by atoms with van der Waals surface area (Å²) in [5.74, 6) is 0.499. The summed E-state index contributed by atoms with van der Waals surface area (Å²) in [6.07, 6.45) is 1.67. The standard InChI is InChI=1S/C13H25N5O2/c1-5-9-17(7-3)10-8-14-13-12(18(19)20)11(6-2)15-16(13)4/h14H,5-10H2,1-4H3. The number of nitro groups is 1. The van der Waals surface area contributed by atoms with Gasteiger partial charge in [-0.1, -0.05) is 20.8 Å². The molecule has 0 aliphatic rings. The number of likely N-dealkylation sites (N-methyl/N-ethyl adjacent to an activating group) is 1. The van der Waals surface area contributed by atoms with E-state index < -0.39 is 0 Å². The van der Waals surface area contributed by atoms with Crippen LogP contribution in [0.4, 0.5) is 11.5 Å². The molecule has 1 aromatic rings. The van der Waals surface area contributed by atoms with E-state index in [9.17, 15) is 10.1 Å². The molecule has 0 fully saturated rings. The summed E-state index contributed by atoms with van der Waals surface area (Å²) in [5.41, 5.74) is 0.634. The van der Waals surface area contributed by atoms with E-state index in [0.717, 1.165) is 26.1 Å². The molecule has 0 aromatic carbocycles. The van der Waals surface area contributed by atoms with E-state index in [4.69, 9.17) is 0 Å². The van der Waals surface area contributed by atoms with E-state index >= 15 is 0 Å². The highest BCUT2D eigenvalue weighted by Crippen LogP contribution is 2.28. The minimum Gasteiger partial charge on any atom is -0.363 e. The third-order valence-corrected chi connectivity index (χ3v) is 3.32. The number of rotatable bonds is 9. The molecule has 0 unspecified atom stereocenters. The monoisotopic (exact) mass is 283 g/mol. The lowest BCUT2D eigenvalue weighted by molar-refractivity contribution is -0.384. The van der Waals surface area contributed by atoms with Crippen molar-refractivity contribution in [3.8, 4) is 0 Å². The Morgan fingerprint density at radius 1 is 1.35 bits per heavy atom. The minimum atomic E-state index is -0.349. The SMILES string of the molecule is CCCN(CC)CCNc1c([N+](=O)[O-])c(CC)nn1C. The molecule has 0 bridgehead atoms. The van der Waals surface area contributed by atoms with Crippen molar-refractivity contribution in [1.29, 1.82) is 0 Å². The second kappa shape index (κ2) is 7.84. The van der Waals surface area contributed by atoms with Crippen molar-refractivity contribution in [2.75, 3.05) is 31.5 Å². The van der Waals surface area contributed by atoms with Gasteiger partial charge in [-0.2, -0.15) is 5.10 Å². The molecule has 1 rings (SSSR count). The van der Waals surface area contributed by atoms with Gasteiger partial charge in [0.25, 0.3) is 0 Å². The predicted molar refractivity (Wildman–Crippen MR) is 80.1 cm³/mol. The Balaban J connectivity index is 2.72. The minimum absolute atomic E-state index is 0.105. The third-order valence-electron chi connectivity index (χ3n) is 3.32. The van der Waals surface area contributed by atoms with Crippen LogP contribution in [-0.2, 0) is 13.5 Å². The number of hydrogen-bond acceptors (Lipinski definition) is 5. The zero-order valence-electron chi connectivity index (χ0n) is 12.8. The van der Waals surface area contributed by atoms with E-state index in [2.05, 4.69) is 29.2 Å². The molecule has 0 atom stereocenters. The van der Waals surface area contributed by atoms with E-state index in [1.807, 2.05) is 6.92 Å². The smallest absolute Gasteiger partial charge is 0.333 e. The molecule has 114 valence electrons. The molecule has 0 aliphatic heterocycles. The summed E-state index contributed by atoms with van der Waals surface area (Å²) in [5, 5.41) is 18.5. The van der Waals surface area contributed by atoms with Gasteiger partial charge in [0, 0.05) is 20.1 Å². The molecule has 1 aromatic heterocycles. The van der Waals surface area contributed by atoms with Crippen LogP contribution < -0.4 is 5.32 Å². The number of hydrogen-bond donors (Lipinski definition) is 1. The van der Waals surface area contributed by atoms with Gasteiger partial charge in [-0.15, -0.1) is 0 Å². The number of aromatic nitrogens is 2. The van der Waals surface area contributed by atoms with Gasteiger partial charge < -0.3 is 10.2 Å². The second-order valence-electron chi connectivity index (χ2n) is 4.74. The maximum Gasteiger partial charge on any atom is 0.333 e. The van der Waals surface area contributed by atoms with Gasteiger partial charge in [0.15, 0.2) is 0 Å².